The summed E-state index contributed by atoms with van der Waals surface area (Å²) in [4.78, 5) is 35.3. The molecule has 1 N–H and O–H groups in total. The van der Waals surface area contributed by atoms with Crippen LogP contribution >= 0.6 is 15.9 Å². The Morgan fingerprint density at radius 1 is 1.45 bits per heavy atom. The van der Waals surface area contributed by atoms with Crippen LogP contribution in [0.25, 0.3) is 0 Å². The highest BCUT2D eigenvalue weighted by molar-refractivity contribution is 9.10. The average Bonchev–Trinajstić information content (AvgIpc) is 2.84. The van der Waals surface area contributed by atoms with Gasteiger partial charge in [-0.15, -0.1) is 0 Å². The molecule has 8 heteroatoms. The maximum Gasteiger partial charge on any atom is 0.416 e. The molecule has 1 heterocycles. The van der Waals surface area contributed by atoms with Gasteiger partial charge in [0.1, 0.15) is 17.9 Å². The minimum Gasteiger partial charge on any atom is -0.507 e. The van der Waals surface area contributed by atoms with E-state index in [0.29, 0.717) is 4.47 Å². The molecule has 1 aliphatic rings. The summed E-state index contributed by atoms with van der Waals surface area (Å²) in [5.41, 5.74) is -0.0730. The minimum absolute atomic E-state index is 0.0730. The molecule has 0 unspecified atom stereocenters. The van der Waals surface area contributed by atoms with E-state index in [1.54, 1.807) is 6.07 Å². The summed E-state index contributed by atoms with van der Waals surface area (Å²) >= 11 is 3.15. The van der Waals surface area contributed by atoms with Gasteiger partial charge in [0, 0.05) is 4.47 Å². The second-order valence-corrected chi connectivity index (χ2v) is 4.81. The van der Waals surface area contributed by atoms with Crippen molar-refractivity contribution in [2.75, 3.05) is 19.8 Å². The van der Waals surface area contributed by atoms with Crippen molar-refractivity contribution >= 4 is 33.9 Å². The molecule has 7 nitrogen and oxygen atoms in total. The van der Waals surface area contributed by atoms with E-state index in [-0.39, 0.29) is 24.5 Å². The van der Waals surface area contributed by atoms with Crippen LogP contribution in [0.2, 0.25) is 0 Å². The van der Waals surface area contributed by atoms with Crippen molar-refractivity contribution in [1.82, 2.24) is 4.90 Å². The van der Waals surface area contributed by atoms with Crippen LogP contribution in [0.15, 0.2) is 22.7 Å². The average molecular weight is 344 g/mol. The first-order valence-corrected chi connectivity index (χ1v) is 6.41. The highest BCUT2D eigenvalue weighted by Gasteiger charge is 2.29. The van der Waals surface area contributed by atoms with E-state index in [9.17, 15) is 19.5 Å². The fourth-order valence-electron chi connectivity index (χ4n) is 1.57. The molecular weight excluding hydrogens is 334 g/mol. The number of benzene rings is 1. The normalized spacial score (nSPS) is 14.1. The van der Waals surface area contributed by atoms with Crippen LogP contribution in [-0.2, 0) is 14.3 Å². The molecule has 1 aliphatic heterocycles. The first kappa shape index (κ1) is 14.3. The molecule has 2 amide bonds. The number of hydrogen-bond donors (Lipinski definition) is 1. The van der Waals surface area contributed by atoms with Crippen LogP contribution < -0.4 is 0 Å². The molecule has 1 aromatic rings. The maximum absolute atomic E-state index is 11.7. The molecule has 0 radical (unpaired) electrons. The van der Waals surface area contributed by atoms with Crippen LogP contribution in [0.5, 0.6) is 5.75 Å². The summed E-state index contributed by atoms with van der Waals surface area (Å²) in [7, 11) is 0. The SMILES string of the molecule is O=C(OCC(=O)N1CCOC1=O)c1cc(Br)ccc1O. The first-order chi connectivity index (χ1) is 9.49. The lowest BCUT2D eigenvalue weighted by atomic mass is 10.2. The van der Waals surface area contributed by atoms with Gasteiger partial charge in [-0.05, 0) is 18.2 Å². The summed E-state index contributed by atoms with van der Waals surface area (Å²) in [6.45, 7) is -0.331. The molecule has 0 spiro atoms. The number of ether oxygens (including phenoxy) is 2. The zero-order valence-electron chi connectivity index (χ0n) is 10.2. The summed E-state index contributed by atoms with van der Waals surface area (Å²) in [5.74, 6) is -1.79. The fourth-order valence-corrected chi connectivity index (χ4v) is 1.94. The number of esters is 1. The third kappa shape index (κ3) is 3.08. The molecule has 0 atom stereocenters. The number of halogens is 1. The standard InChI is InChI=1S/C12H10BrNO6/c13-7-1-2-9(15)8(5-7)11(17)20-6-10(16)14-3-4-19-12(14)18/h1-2,5,15H,3-4,6H2. The van der Waals surface area contributed by atoms with E-state index in [4.69, 9.17) is 4.74 Å². The molecular formula is C12H10BrNO6. The predicted molar refractivity (Wildman–Crippen MR) is 69.2 cm³/mol. The number of phenols is 1. The van der Waals surface area contributed by atoms with Crippen molar-refractivity contribution < 1.29 is 29.0 Å². The number of phenolic OH excluding ortho intramolecular Hbond substituents is 1. The molecule has 106 valence electrons. The zero-order chi connectivity index (χ0) is 14.7. The molecule has 0 saturated carbocycles. The third-order valence-electron chi connectivity index (χ3n) is 2.57. The van der Waals surface area contributed by atoms with Crippen LogP contribution in [0.1, 0.15) is 10.4 Å². The Hall–Kier alpha value is -2.09. The Labute approximate surface area is 122 Å². The Bertz CT molecular complexity index is 573. The monoisotopic (exact) mass is 343 g/mol. The van der Waals surface area contributed by atoms with Crippen molar-refractivity contribution in [3.05, 3.63) is 28.2 Å². The molecule has 1 saturated heterocycles. The van der Waals surface area contributed by atoms with Crippen molar-refractivity contribution in [1.29, 1.82) is 0 Å². The number of carbonyl (C=O) groups is 3. The number of amides is 2. The summed E-state index contributed by atoms with van der Waals surface area (Å²) in [6.07, 6.45) is -0.753. The Morgan fingerprint density at radius 3 is 2.85 bits per heavy atom. The van der Waals surface area contributed by atoms with Crippen molar-refractivity contribution in [2.45, 2.75) is 0 Å². The maximum atomic E-state index is 11.7. The number of imide groups is 1. The van der Waals surface area contributed by atoms with Gasteiger partial charge in [-0.2, -0.15) is 0 Å². The highest BCUT2D eigenvalue weighted by atomic mass is 79.9. The van der Waals surface area contributed by atoms with Gasteiger partial charge in [-0.1, -0.05) is 15.9 Å². The largest absolute Gasteiger partial charge is 0.507 e. The van der Waals surface area contributed by atoms with Gasteiger partial charge in [-0.3, -0.25) is 4.79 Å². The number of carbonyl (C=O) groups excluding carboxylic acids is 3. The predicted octanol–water partition coefficient (Wildman–Crippen LogP) is 1.29. The third-order valence-corrected chi connectivity index (χ3v) is 3.06. The second-order valence-electron chi connectivity index (χ2n) is 3.90. The number of rotatable bonds is 3. The Morgan fingerprint density at radius 2 is 2.20 bits per heavy atom. The second kappa shape index (κ2) is 5.91. The fraction of sp³-hybridized carbons (Fsp3) is 0.250. The van der Waals surface area contributed by atoms with E-state index < -0.39 is 24.6 Å². The molecule has 2 rings (SSSR count). The lowest BCUT2D eigenvalue weighted by Gasteiger charge is -2.11. The van der Waals surface area contributed by atoms with Gasteiger partial charge < -0.3 is 14.6 Å². The lowest BCUT2D eigenvalue weighted by molar-refractivity contribution is -0.131. The smallest absolute Gasteiger partial charge is 0.416 e. The summed E-state index contributed by atoms with van der Waals surface area (Å²) in [6, 6.07) is 4.24. The topological polar surface area (TPSA) is 93.1 Å². The Balaban J connectivity index is 1.97. The van der Waals surface area contributed by atoms with Crippen molar-refractivity contribution in [3.8, 4) is 5.75 Å². The Kier molecular flexibility index (Phi) is 4.23. The van der Waals surface area contributed by atoms with E-state index in [1.165, 1.54) is 12.1 Å². The number of hydrogen-bond acceptors (Lipinski definition) is 6. The van der Waals surface area contributed by atoms with E-state index in [0.717, 1.165) is 4.90 Å². The first-order valence-electron chi connectivity index (χ1n) is 5.62. The van der Waals surface area contributed by atoms with Crippen molar-refractivity contribution in [2.24, 2.45) is 0 Å². The van der Waals surface area contributed by atoms with Crippen LogP contribution in [-0.4, -0.2) is 47.7 Å². The van der Waals surface area contributed by atoms with Crippen LogP contribution in [0.3, 0.4) is 0 Å². The summed E-state index contributed by atoms with van der Waals surface area (Å²) < 4.78 is 9.94. The van der Waals surface area contributed by atoms with Gasteiger partial charge in [0.25, 0.3) is 5.91 Å². The van der Waals surface area contributed by atoms with E-state index in [2.05, 4.69) is 20.7 Å². The zero-order valence-corrected chi connectivity index (χ0v) is 11.8. The van der Waals surface area contributed by atoms with Gasteiger partial charge in [0.2, 0.25) is 0 Å². The van der Waals surface area contributed by atoms with E-state index in [1.807, 2.05) is 0 Å². The van der Waals surface area contributed by atoms with E-state index >= 15 is 0 Å². The molecule has 20 heavy (non-hydrogen) atoms. The van der Waals surface area contributed by atoms with Gasteiger partial charge in [0.15, 0.2) is 6.61 Å². The van der Waals surface area contributed by atoms with Crippen LogP contribution in [0.4, 0.5) is 4.79 Å². The van der Waals surface area contributed by atoms with Gasteiger partial charge >= 0.3 is 12.1 Å². The number of cyclic esters (lactones) is 1. The molecule has 0 bridgehead atoms. The lowest BCUT2D eigenvalue weighted by Crippen LogP contribution is -2.35. The quantitative estimate of drug-likeness (QED) is 0.831. The molecule has 0 aromatic heterocycles. The molecule has 1 fully saturated rings. The highest BCUT2D eigenvalue weighted by Crippen LogP contribution is 2.22. The van der Waals surface area contributed by atoms with Gasteiger partial charge in [0.05, 0.1) is 6.54 Å². The summed E-state index contributed by atoms with van der Waals surface area (Å²) in [5, 5.41) is 9.53. The van der Waals surface area contributed by atoms with Gasteiger partial charge in [-0.25, -0.2) is 14.5 Å². The minimum atomic E-state index is -0.857. The number of nitrogens with zero attached hydrogens (tertiary/aromatic N) is 1. The number of aromatic hydroxyl groups is 1. The van der Waals surface area contributed by atoms with Crippen LogP contribution in [0, 0.1) is 0 Å². The molecule has 1 aromatic carbocycles. The van der Waals surface area contributed by atoms with Crippen molar-refractivity contribution in [3.63, 3.8) is 0 Å². The molecule has 0 aliphatic carbocycles.